The van der Waals surface area contributed by atoms with E-state index in [1.165, 1.54) is 0 Å². The predicted molar refractivity (Wildman–Crippen MR) is 90.2 cm³/mol. The van der Waals surface area contributed by atoms with Crippen molar-refractivity contribution in [3.63, 3.8) is 0 Å². The van der Waals surface area contributed by atoms with Gasteiger partial charge in [-0.1, -0.05) is 44.9 Å². The molecule has 7 nitrogen and oxygen atoms in total. The molecule has 0 bridgehead atoms. The number of unbranched alkanes of at least 4 members (excludes halogenated alkanes) is 8. The SMILES string of the molecule is [2H]C([2H])([2H])N(CC(=O)O)C(N)=NC(=O)CCCCCCCCCCCO. The lowest BCUT2D eigenvalue weighted by atomic mass is 10.1. The standard InChI is InChI=1S/C16H31N3O4/c1-19(13-15(22)23)16(17)18-14(21)11-9-7-5-3-2-4-6-8-10-12-20/h20H,2-13H2,1H3,(H,22,23)(H2,17,18,21)/i1D3. The number of aliphatic hydroxyl groups is 1. The van der Waals surface area contributed by atoms with Gasteiger partial charge in [0.05, 0.1) is 0 Å². The molecule has 0 aliphatic heterocycles. The molecular weight excluding hydrogens is 298 g/mol. The van der Waals surface area contributed by atoms with Gasteiger partial charge in [-0.3, -0.25) is 9.59 Å². The van der Waals surface area contributed by atoms with Crippen LogP contribution in [0.2, 0.25) is 0 Å². The Kier molecular flexibility index (Phi) is 9.88. The van der Waals surface area contributed by atoms with Gasteiger partial charge in [-0.05, 0) is 12.8 Å². The number of carboxylic acids is 1. The number of rotatable bonds is 13. The number of nitrogens with zero attached hydrogens (tertiary/aromatic N) is 2. The second-order valence-corrected chi connectivity index (χ2v) is 5.50. The van der Waals surface area contributed by atoms with Crippen LogP contribution in [0.15, 0.2) is 4.99 Å². The lowest BCUT2D eigenvalue weighted by Gasteiger charge is -2.14. The van der Waals surface area contributed by atoms with Gasteiger partial charge in [0, 0.05) is 24.1 Å². The Morgan fingerprint density at radius 2 is 1.57 bits per heavy atom. The fraction of sp³-hybridized carbons (Fsp3) is 0.812. The zero-order valence-corrected chi connectivity index (χ0v) is 13.7. The first-order chi connectivity index (χ1) is 12.2. The lowest BCUT2D eigenvalue weighted by molar-refractivity contribution is -0.137. The average molecular weight is 332 g/mol. The second kappa shape index (κ2) is 14.0. The van der Waals surface area contributed by atoms with Gasteiger partial charge in [-0.15, -0.1) is 0 Å². The molecule has 0 atom stereocenters. The fourth-order valence-electron chi connectivity index (χ4n) is 2.09. The number of carbonyl (C=O) groups excluding carboxylic acids is 1. The second-order valence-electron chi connectivity index (χ2n) is 5.50. The number of aliphatic imine (C=N–C) groups is 1. The van der Waals surface area contributed by atoms with E-state index in [0.717, 1.165) is 51.4 Å². The fourth-order valence-corrected chi connectivity index (χ4v) is 2.09. The summed E-state index contributed by atoms with van der Waals surface area (Å²) in [6, 6.07) is 0. The maximum Gasteiger partial charge on any atom is 0.323 e. The van der Waals surface area contributed by atoms with Crippen molar-refractivity contribution in [2.24, 2.45) is 10.7 Å². The molecule has 0 fully saturated rings. The van der Waals surface area contributed by atoms with Gasteiger partial charge < -0.3 is 20.8 Å². The van der Waals surface area contributed by atoms with E-state index >= 15 is 0 Å². The summed E-state index contributed by atoms with van der Waals surface area (Å²) in [4.78, 5) is 26.4. The molecule has 0 aromatic carbocycles. The number of hydrogen-bond donors (Lipinski definition) is 3. The quantitative estimate of drug-likeness (QED) is 0.269. The van der Waals surface area contributed by atoms with E-state index in [0.29, 0.717) is 11.3 Å². The predicted octanol–water partition coefficient (Wildman–Crippen LogP) is 1.74. The molecule has 0 radical (unpaired) electrons. The summed E-state index contributed by atoms with van der Waals surface area (Å²) < 4.78 is 21.8. The van der Waals surface area contributed by atoms with Crippen LogP contribution in [0.1, 0.15) is 68.3 Å². The third kappa shape index (κ3) is 13.7. The number of nitrogens with two attached hydrogens (primary N) is 1. The van der Waals surface area contributed by atoms with E-state index in [1.807, 2.05) is 0 Å². The minimum atomic E-state index is -2.77. The Bertz CT molecular complexity index is 457. The minimum absolute atomic E-state index is 0.152. The zero-order valence-electron chi connectivity index (χ0n) is 16.7. The molecule has 0 aliphatic carbocycles. The third-order valence-electron chi connectivity index (χ3n) is 3.36. The Hall–Kier alpha value is -1.63. The molecule has 0 heterocycles. The number of carboxylic acid groups (broad SMARTS) is 1. The smallest absolute Gasteiger partial charge is 0.323 e. The maximum absolute atomic E-state index is 11.8. The first-order valence-corrected chi connectivity index (χ1v) is 8.15. The lowest BCUT2D eigenvalue weighted by Crippen LogP contribution is -2.38. The van der Waals surface area contributed by atoms with Crippen LogP contribution >= 0.6 is 0 Å². The number of carbonyl (C=O) groups is 2. The summed E-state index contributed by atoms with van der Waals surface area (Å²) in [5, 5.41) is 17.4. The van der Waals surface area contributed by atoms with Crippen molar-refractivity contribution in [1.29, 1.82) is 0 Å². The van der Waals surface area contributed by atoms with Gasteiger partial charge in [0.2, 0.25) is 5.91 Å². The van der Waals surface area contributed by atoms with Crippen molar-refractivity contribution in [1.82, 2.24) is 4.90 Å². The number of hydrogen-bond acceptors (Lipinski definition) is 3. The molecule has 7 heteroatoms. The van der Waals surface area contributed by atoms with Crippen molar-refractivity contribution in [3.8, 4) is 0 Å². The molecule has 23 heavy (non-hydrogen) atoms. The monoisotopic (exact) mass is 332 g/mol. The Balaban J connectivity index is 4.04. The highest BCUT2D eigenvalue weighted by Crippen LogP contribution is 2.10. The van der Waals surface area contributed by atoms with E-state index in [2.05, 4.69) is 4.99 Å². The summed E-state index contributed by atoms with van der Waals surface area (Å²) in [6.07, 6.45) is 9.07. The van der Waals surface area contributed by atoms with Crippen LogP contribution in [0.25, 0.3) is 0 Å². The topological polar surface area (TPSA) is 116 Å². The van der Waals surface area contributed by atoms with Gasteiger partial charge >= 0.3 is 5.97 Å². The first-order valence-electron chi connectivity index (χ1n) is 9.65. The number of aliphatic hydroxyl groups excluding tert-OH is 1. The van der Waals surface area contributed by atoms with E-state index < -0.39 is 31.4 Å². The van der Waals surface area contributed by atoms with Crippen molar-refractivity contribution in [3.05, 3.63) is 0 Å². The molecule has 0 aromatic rings. The number of guanidine groups is 1. The van der Waals surface area contributed by atoms with Crippen LogP contribution in [0.4, 0.5) is 0 Å². The van der Waals surface area contributed by atoms with Gasteiger partial charge in [-0.2, -0.15) is 4.99 Å². The molecule has 0 aliphatic rings. The van der Waals surface area contributed by atoms with E-state index in [4.69, 9.17) is 20.1 Å². The summed E-state index contributed by atoms with van der Waals surface area (Å²) >= 11 is 0. The van der Waals surface area contributed by atoms with Crippen LogP contribution in [-0.2, 0) is 9.59 Å². The molecule has 4 N–H and O–H groups in total. The molecule has 0 aromatic heterocycles. The van der Waals surface area contributed by atoms with Crippen LogP contribution in [0.5, 0.6) is 0 Å². The molecule has 1 amide bonds. The molecule has 0 unspecified atom stereocenters. The molecule has 134 valence electrons. The highest BCUT2D eigenvalue weighted by Gasteiger charge is 2.08. The molecule has 0 rings (SSSR count). The van der Waals surface area contributed by atoms with Crippen LogP contribution in [-0.4, -0.2) is 53.1 Å². The molecular formula is C16H31N3O4. The van der Waals surface area contributed by atoms with Crippen LogP contribution < -0.4 is 5.73 Å². The van der Waals surface area contributed by atoms with Gasteiger partial charge in [-0.25, -0.2) is 0 Å². The van der Waals surface area contributed by atoms with Crippen molar-refractivity contribution >= 4 is 17.8 Å². The minimum Gasteiger partial charge on any atom is -0.480 e. The summed E-state index contributed by atoms with van der Waals surface area (Å²) in [5.41, 5.74) is 5.49. The van der Waals surface area contributed by atoms with Crippen molar-refractivity contribution in [2.45, 2.75) is 64.2 Å². The number of likely N-dealkylation sites (N-methyl/N-ethyl adjacent to an activating group) is 1. The third-order valence-corrected chi connectivity index (χ3v) is 3.36. The maximum atomic E-state index is 11.8. The van der Waals surface area contributed by atoms with Crippen molar-refractivity contribution < 1.29 is 23.9 Å². The highest BCUT2D eigenvalue weighted by atomic mass is 16.4. The highest BCUT2D eigenvalue weighted by molar-refractivity contribution is 5.93. The molecule has 0 saturated carbocycles. The first kappa shape index (κ1) is 16.2. The summed E-state index contributed by atoms with van der Waals surface area (Å²) in [6.45, 7) is -3.37. The summed E-state index contributed by atoms with van der Waals surface area (Å²) in [7, 11) is 0. The van der Waals surface area contributed by atoms with Gasteiger partial charge in [0.25, 0.3) is 0 Å². The van der Waals surface area contributed by atoms with Crippen LogP contribution in [0.3, 0.4) is 0 Å². The largest absolute Gasteiger partial charge is 0.480 e. The van der Waals surface area contributed by atoms with E-state index in [-0.39, 0.29) is 13.0 Å². The average Bonchev–Trinajstić information content (AvgIpc) is 2.53. The van der Waals surface area contributed by atoms with Crippen molar-refractivity contribution in [2.75, 3.05) is 20.1 Å². The Morgan fingerprint density at radius 3 is 2.04 bits per heavy atom. The van der Waals surface area contributed by atoms with Gasteiger partial charge in [0.15, 0.2) is 5.96 Å². The Labute approximate surface area is 142 Å². The number of aliphatic carboxylic acids is 1. The number of amides is 1. The zero-order chi connectivity index (χ0) is 20.0. The molecule has 0 spiro atoms. The van der Waals surface area contributed by atoms with Crippen LogP contribution in [0, 0.1) is 0 Å². The van der Waals surface area contributed by atoms with E-state index in [9.17, 15) is 9.59 Å². The molecule has 0 saturated heterocycles. The summed E-state index contributed by atoms with van der Waals surface area (Å²) in [5.74, 6) is -2.52. The normalized spacial score (nSPS) is 14.0. The Morgan fingerprint density at radius 1 is 1.04 bits per heavy atom. The van der Waals surface area contributed by atoms with Gasteiger partial charge in [0.1, 0.15) is 6.54 Å². The van der Waals surface area contributed by atoms with E-state index in [1.54, 1.807) is 0 Å².